The molecule has 1 unspecified atom stereocenters. The largest absolute Gasteiger partial charge is 0.468 e. The summed E-state index contributed by atoms with van der Waals surface area (Å²) in [6.07, 6.45) is 3.12. The molecule has 5 heteroatoms. The number of nitrogens with zero attached hydrogens (tertiary/aromatic N) is 1. The van der Waals surface area contributed by atoms with Crippen LogP contribution in [-0.4, -0.2) is 38.3 Å². The molecule has 1 heterocycles. The average molecular weight is 278 g/mol. The summed E-state index contributed by atoms with van der Waals surface area (Å²) < 4.78 is 18.2. The quantitative estimate of drug-likeness (QED) is 0.828. The van der Waals surface area contributed by atoms with Crippen LogP contribution in [0.1, 0.15) is 18.4 Å². The van der Waals surface area contributed by atoms with Gasteiger partial charge in [-0.15, -0.1) is 0 Å². The summed E-state index contributed by atoms with van der Waals surface area (Å²) in [5.41, 5.74) is 2.04. The van der Waals surface area contributed by atoms with Crippen LogP contribution < -0.4 is 10.2 Å². The fourth-order valence-corrected chi connectivity index (χ4v) is 2.70. The number of methoxy groups -OCH3 is 1. The van der Waals surface area contributed by atoms with E-state index in [2.05, 4.69) is 10.2 Å². The van der Waals surface area contributed by atoms with E-state index >= 15 is 0 Å². The fourth-order valence-electron chi connectivity index (χ4n) is 2.70. The SMILES string of the molecule is COC(=O)C(CN1CCc2ccc(F)cc21)NC1CC1. The van der Waals surface area contributed by atoms with Gasteiger partial charge in [-0.1, -0.05) is 6.07 Å². The molecule has 0 bridgehead atoms. The van der Waals surface area contributed by atoms with Gasteiger partial charge in [-0.25, -0.2) is 4.39 Å². The first-order valence-electron chi connectivity index (χ1n) is 7.04. The second-order valence-corrected chi connectivity index (χ2v) is 5.49. The molecular weight excluding hydrogens is 259 g/mol. The van der Waals surface area contributed by atoms with Crippen molar-refractivity contribution >= 4 is 11.7 Å². The molecule has 2 aliphatic rings. The molecule has 4 nitrogen and oxygen atoms in total. The van der Waals surface area contributed by atoms with Crippen LogP contribution in [0.4, 0.5) is 10.1 Å². The normalized spacial score (nSPS) is 18.8. The van der Waals surface area contributed by atoms with Crippen molar-refractivity contribution in [1.82, 2.24) is 5.32 Å². The van der Waals surface area contributed by atoms with Crippen molar-refractivity contribution in [3.05, 3.63) is 29.6 Å². The molecule has 0 spiro atoms. The van der Waals surface area contributed by atoms with Crippen LogP contribution in [0.2, 0.25) is 0 Å². The van der Waals surface area contributed by atoms with E-state index in [0.717, 1.165) is 37.1 Å². The lowest BCUT2D eigenvalue weighted by Crippen LogP contribution is -2.47. The van der Waals surface area contributed by atoms with Crippen LogP contribution in [0.3, 0.4) is 0 Å². The third-order valence-corrected chi connectivity index (χ3v) is 3.94. The number of rotatable bonds is 5. The summed E-state index contributed by atoms with van der Waals surface area (Å²) in [7, 11) is 1.40. The average Bonchev–Trinajstić information content (AvgIpc) is 3.18. The van der Waals surface area contributed by atoms with Crippen molar-refractivity contribution in [3.8, 4) is 0 Å². The highest BCUT2D eigenvalue weighted by Gasteiger charge is 2.32. The van der Waals surface area contributed by atoms with Gasteiger partial charge in [0, 0.05) is 24.8 Å². The molecule has 1 fully saturated rings. The van der Waals surface area contributed by atoms with Crippen LogP contribution in [0.5, 0.6) is 0 Å². The number of carbonyl (C=O) groups excluding carboxylic acids is 1. The molecule has 1 aliphatic carbocycles. The van der Waals surface area contributed by atoms with E-state index in [1.165, 1.54) is 13.2 Å². The number of ether oxygens (including phenoxy) is 1. The van der Waals surface area contributed by atoms with Crippen LogP contribution in [0.25, 0.3) is 0 Å². The van der Waals surface area contributed by atoms with Gasteiger partial charge in [0.05, 0.1) is 7.11 Å². The van der Waals surface area contributed by atoms with E-state index in [-0.39, 0.29) is 17.8 Å². The lowest BCUT2D eigenvalue weighted by atomic mass is 10.1. The summed E-state index contributed by atoms with van der Waals surface area (Å²) in [6, 6.07) is 4.94. The molecule has 1 aromatic rings. The van der Waals surface area contributed by atoms with E-state index in [4.69, 9.17) is 4.74 Å². The van der Waals surface area contributed by atoms with Crippen LogP contribution in [0.15, 0.2) is 18.2 Å². The van der Waals surface area contributed by atoms with Crippen LogP contribution >= 0.6 is 0 Å². The standard InChI is InChI=1S/C15H19FN2O2/c1-20-15(19)13(17-12-4-5-12)9-18-7-6-10-2-3-11(16)8-14(10)18/h2-3,8,12-13,17H,4-7,9H2,1H3. The summed E-state index contributed by atoms with van der Waals surface area (Å²) >= 11 is 0. The summed E-state index contributed by atoms with van der Waals surface area (Å²) in [6.45, 7) is 1.35. The maximum atomic E-state index is 13.4. The number of hydrogen-bond acceptors (Lipinski definition) is 4. The summed E-state index contributed by atoms with van der Waals surface area (Å²) in [4.78, 5) is 13.9. The minimum absolute atomic E-state index is 0.236. The van der Waals surface area contributed by atoms with Gasteiger partial charge >= 0.3 is 5.97 Å². The number of benzene rings is 1. The maximum absolute atomic E-state index is 13.4. The zero-order valence-corrected chi connectivity index (χ0v) is 11.6. The maximum Gasteiger partial charge on any atom is 0.324 e. The van der Waals surface area contributed by atoms with Crippen molar-refractivity contribution in [2.75, 3.05) is 25.1 Å². The Kier molecular flexibility index (Phi) is 3.61. The zero-order chi connectivity index (χ0) is 14.1. The number of fused-ring (bicyclic) bond motifs is 1. The van der Waals surface area contributed by atoms with Gasteiger partial charge in [0.1, 0.15) is 11.9 Å². The molecule has 3 rings (SSSR count). The van der Waals surface area contributed by atoms with Crippen molar-refractivity contribution in [2.45, 2.75) is 31.3 Å². The predicted molar refractivity (Wildman–Crippen MR) is 74.3 cm³/mol. The van der Waals surface area contributed by atoms with Gasteiger partial charge in [0.25, 0.3) is 0 Å². The van der Waals surface area contributed by atoms with Crippen LogP contribution in [-0.2, 0) is 16.0 Å². The molecule has 1 atom stereocenters. The Morgan fingerprint density at radius 2 is 2.35 bits per heavy atom. The monoisotopic (exact) mass is 278 g/mol. The number of nitrogens with one attached hydrogen (secondary N) is 1. The zero-order valence-electron chi connectivity index (χ0n) is 11.6. The topological polar surface area (TPSA) is 41.6 Å². The lowest BCUT2D eigenvalue weighted by molar-refractivity contribution is -0.142. The molecule has 1 aliphatic heterocycles. The first-order valence-corrected chi connectivity index (χ1v) is 7.04. The fraction of sp³-hybridized carbons (Fsp3) is 0.533. The molecule has 0 aromatic heterocycles. The first-order chi connectivity index (χ1) is 9.67. The van der Waals surface area contributed by atoms with Crippen molar-refractivity contribution in [3.63, 3.8) is 0 Å². The van der Waals surface area contributed by atoms with Crippen molar-refractivity contribution in [2.24, 2.45) is 0 Å². The summed E-state index contributed by atoms with van der Waals surface area (Å²) in [5.74, 6) is -0.484. The second kappa shape index (κ2) is 5.40. The molecule has 20 heavy (non-hydrogen) atoms. The van der Waals surface area contributed by atoms with E-state index < -0.39 is 0 Å². The van der Waals surface area contributed by atoms with Crippen LogP contribution in [0, 0.1) is 5.82 Å². The Balaban J connectivity index is 1.73. The van der Waals surface area contributed by atoms with Crippen molar-refractivity contribution in [1.29, 1.82) is 0 Å². The van der Waals surface area contributed by atoms with Gasteiger partial charge in [-0.2, -0.15) is 0 Å². The lowest BCUT2D eigenvalue weighted by Gasteiger charge is -2.25. The molecule has 1 saturated carbocycles. The number of carbonyl (C=O) groups is 1. The van der Waals surface area contributed by atoms with Gasteiger partial charge in [0.15, 0.2) is 0 Å². The molecular formula is C15H19FN2O2. The summed E-state index contributed by atoms with van der Waals surface area (Å²) in [5, 5.41) is 3.30. The number of esters is 1. The molecule has 1 aromatic carbocycles. The highest BCUT2D eigenvalue weighted by Crippen LogP contribution is 2.29. The molecule has 108 valence electrons. The van der Waals surface area contributed by atoms with Gasteiger partial charge in [-0.3, -0.25) is 4.79 Å². The Morgan fingerprint density at radius 1 is 1.55 bits per heavy atom. The van der Waals surface area contributed by atoms with E-state index in [0.29, 0.717) is 12.6 Å². The number of anilines is 1. The highest BCUT2D eigenvalue weighted by atomic mass is 19.1. The molecule has 0 amide bonds. The Hall–Kier alpha value is -1.62. The van der Waals surface area contributed by atoms with E-state index in [1.54, 1.807) is 6.07 Å². The van der Waals surface area contributed by atoms with Gasteiger partial charge in [-0.05, 0) is 37.0 Å². The smallest absolute Gasteiger partial charge is 0.324 e. The minimum atomic E-state index is -0.346. The van der Waals surface area contributed by atoms with E-state index in [1.807, 2.05) is 6.07 Å². The van der Waals surface area contributed by atoms with Gasteiger partial charge in [0.2, 0.25) is 0 Å². The highest BCUT2D eigenvalue weighted by molar-refractivity contribution is 5.77. The molecule has 0 saturated heterocycles. The number of hydrogen-bond donors (Lipinski definition) is 1. The first kappa shape index (κ1) is 13.4. The molecule has 1 N–H and O–H groups in total. The number of halogens is 1. The third kappa shape index (κ3) is 2.77. The minimum Gasteiger partial charge on any atom is -0.468 e. The molecule has 0 radical (unpaired) electrons. The third-order valence-electron chi connectivity index (χ3n) is 3.94. The predicted octanol–water partition coefficient (Wildman–Crippen LogP) is 1.48. The van der Waals surface area contributed by atoms with E-state index in [9.17, 15) is 9.18 Å². The Bertz CT molecular complexity index is 517. The second-order valence-electron chi connectivity index (χ2n) is 5.49. The Morgan fingerprint density at radius 3 is 3.05 bits per heavy atom. The Labute approximate surface area is 117 Å². The van der Waals surface area contributed by atoms with Gasteiger partial charge < -0.3 is 15.0 Å². The van der Waals surface area contributed by atoms with Crippen molar-refractivity contribution < 1.29 is 13.9 Å².